The van der Waals surface area contributed by atoms with Crippen molar-refractivity contribution in [3.05, 3.63) is 72.4 Å². The predicted octanol–water partition coefficient (Wildman–Crippen LogP) is 4.66. The van der Waals surface area contributed by atoms with Gasteiger partial charge < -0.3 is 19.3 Å². The largest absolute Gasteiger partial charge is 0.497 e. The van der Waals surface area contributed by atoms with Crippen LogP contribution in [0.5, 0.6) is 5.75 Å². The molecule has 1 fully saturated rings. The van der Waals surface area contributed by atoms with Gasteiger partial charge in [0.1, 0.15) is 17.5 Å². The number of amides is 1. The summed E-state index contributed by atoms with van der Waals surface area (Å²) in [5.74, 6) is -0.204. The van der Waals surface area contributed by atoms with Crippen LogP contribution >= 0.6 is 0 Å². The summed E-state index contributed by atoms with van der Waals surface area (Å²) in [7, 11) is 1.58. The van der Waals surface area contributed by atoms with Crippen LogP contribution in [0.3, 0.4) is 0 Å². The van der Waals surface area contributed by atoms with E-state index in [0.29, 0.717) is 11.4 Å². The van der Waals surface area contributed by atoms with E-state index in [1.165, 1.54) is 4.90 Å². The highest BCUT2D eigenvalue weighted by molar-refractivity contribution is 5.90. The van der Waals surface area contributed by atoms with Crippen molar-refractivity contribution in [2.24, 2.45) is 5.92 Å². The van der Waals surface area contributed by atoms with Gasteiger partial charge in [0.25, 0.3) is 0 Å². The Hall–Kier alpha value is -3.32. The molecule has 1 N–H and O–H groups in total. The van der Waals surface area contributed by atoms with Crippen molar-refractivity contribution in [2.45, 2.75) is 44.8 Å². The van der Waals surface area contributed by atoms with Crippen molar-refractivity contribution in [2.75, 3.05) is 18.6 Å². The van der Waals surface area contributed by atoms with Gasteiger partial charge in [-0.1, -0.05) is 36.4 Å². The number of aliphatic hydroxyl groups is 1. The molecule has 0 bridgehead atoms. The Morgan fingerprint density at radius 1 is 1.18 bits per heavy atom. The van der Waals surface area contributed by atoms with E-state index >= 15 is 0 Å². The van der Waals surface area contributed by atoms with E-state index in [4.69, 9.17) is 14.2 Å². The second-order valence-corrected chi connectivity index (χ2v) is 8.91. The third-order valence-electron chi connectivity index (χ3n) is 5.37. The van der Waals surface area contributed by atoms with Crippen LogP contribution in [0.4, 0.5) is 10.5 Å². The van der Waals surface area contributed by atoms with Crippen LogP contribution in [0.25, 0.3) is 0 Å². The number of anilines is 1. The maximum atomic E-state index is 13.1. The first kappa shape index (κ1) is 24.3. The summed E-state index contributed by atoms with van der Waals surface area (Å²) in [5, 5.41) is 9.77. The lowest BCUT2D eigenvalue weighted by molar-refractivity contribution is -0.142. The number of ether oxygens (including phenoxy) is 3. The maximum Gasteiger partial charge on any atom is 0.418 e. The number of carbonyl (C=O) groups excluding carboxylic acids is 2. The lowest BCUT2D eigenvalue weighted by atomic mass is 9.81. The summed E-state index contributed by atoms with van der Waals surface area (Å²) >= 11 is 0. The van der Waals surface area contributed by atoms with Crippen molar-refractivity contribution in [3.63, 3.8) is 0 Å². The number of rotatable bonds is 7. The molecular weight excluding hydrogens is 422 g/mol. The number of nitrogens with zero attached hydrogens (tertiary/aromatic N) is 1. The van der Waals surface area contributed by atoms with E-state index in [1.54, 1.807) is 58.3 Å². The van der Waals surface area contributed by atoms with Gasteiger partial charge in [-0.25, -0.2) is 4.79 Å². The first-order valence-corrected chi connectivity index (χ1v) is 10.9. The Morgan fingerprint density at radius 3 is 2.42 bits per heavy atom. The van der Waals surface area contributed by atoms with E-state index < -0.39 is 17.8 Å². The van der Waals surface area contributed by atoms with E-state index in [1.807, 2.05) is 36.4 Å². The zero-order valence-electron chi connectivity index (χ0n) is 19.4. The molecule has 0 aromatic heterocycles. The molecule has 1 aliphatic rings. The number of aliphatic hydroxyl groups excluding tert-OH is 1. The standard InChI is InChI=1S/C26H31NO6/c1-26(2,3)33-25(30)27(19-10-12-20(31-4)13-11-19)15-14-21(18-8-6-5-7-9-18)22-16-24(29)32-23(22)17-28/h5-15,21-23,28H,16-17H2,1-4H3/b15-14-/t21-,22+,23-/m1/s1. The number of cyclic esters (lactones) is 1. The van der Waals surface area contributed by atoms with Gasteiger partial charge in [-0.05, 0) is 50.6 Å². The minimum atomic E-state index is -0.678. The molecule has 1 saturated heterocycles. The molecule has 3 atom stereocenters. The molecule has 1 amide bonds. The SMILES string of the molecule is COc1ccc(N(/C=C\[C@H](c2ccccc2)[C@@H]2CC(=O)O[C@@H]2CO)C(=O)OC(C)(C)C)cc1. The minimum absolute atomic E-state index is 0.185. The molecule has 7 heteroatoms. The van der Waals surface area contributed by atoms with Crippen LogP contribution in [-0.2, 0) is 14.3 Å². The molecule has 0 saturated carbocycles. The summed E-state index contributed by atoms with van der Waals surface area (Å²) in [5.41, 5.74) is 0.877. The molecule has 0 radical (unpaired) electrons. The highest BCUT2D eigenvalue weighted by atomic mass is 16.6. The Kier molecular flexibility index (Phi) is 7.76. The Balaban J connectivity index is 1.98. The van der Waals surface area contributed by atoms with Gasteiger partial charge in [0.2, 0.25) is 0 Å². The average Bonchev–Trinajstić information content (AvgIpc) is 3.16. The molecule has 1 aliphatic heterocycles. The summed E-state index contributed by atoms with van der Waals surface area (Å²) in [6.45, 7) is 5.16. The van der Waals surface area contributed by atoms with Crippen molar-refractivity contribution >= 4 is 17.7 Å². The van der Waals surface area contributed by atoms with Crippen LogP contribution in [0, 0.1) is 5.92 Å². The predicted molar refractivity (Wildman–Crippen MR) is 125 cm³/mol. The van der Waals surface area contributed by atoms with Gasteiger partial charge in [0.15, 0.2) is 0 Å². The lowest BCUT2D eigenvalue weighted by Crippen LogP contribution is -2.34. The smallest absolute Gasteiger partial charge is 0.418 e. The first-order chi connectivity index (χ1) is 15.7. The third-order valence-corrected chi connectivity index (χ3v) is 5.37. The first-order valence-electron chi connectivity index (χ1n) is 10.9. The summed E-state index contributed by atoms with van der Waals surface area (Å²) in [6, 6.07) is 16.7. The molecule has 7 nitrogen and oxygen atoms in total. The van der Waals surface area contributed by atoms with Gasteiger partial charge in [0, 0.05) is 18.0 Å². The maximum absolute atomic E-state index is 13.1. The average molecular weight is 454 g/mol. The molecule has 0 aliphatic carbocycles. The molecule has 33 heavy (non-hydrogen) atoms. The fourth-order valence-corrected chi connectivity index (χ4v) is 3.82. The Labute approximate surface area is 194 Å². The topological polar surface area (TPSA) is 85.3 Å². The van der Waals surface area contributed by atoms with E-state index in [2.05, 4.69) is 0 Å². The highest BCUT2D eigenvalue weighted by Gasteiger charge is 2.39. The molecular formula is C26H31NO6. The number of hydrogen-bond donors (Lipinski definition) is 1. The molecule has 0 unspecified atom stereocenters. The fraction of sp³-hybridized carbons (Fsp3) is 0.385. The molecule has 176 valence electrons. The van der Waals surface area contributed by atoms with Gasteiger partial charge in [-0.2, -0.15) is 0 Å². The molecule has 1 heterocycles. The van der Waals surface area contributed by atoms with Crippen LogP contribution in [0.15, 0.2) is 66.9 Å². The van der Waals surface area contributed by atoms with E-state index in [0.717, 1.165) is 5.56 Å². The van der Waals surface area contributed by atoms with Crippen LogP contribution in [-0.4, -0.2) is 42.6 Å². The van der Waals surface area contributed by atoms with Gasteiger partial charge in [-0.15, -0.1) is 0 Å². The van der Waals surface area contributed by atoms with Crippen molar-refractivity contribution < 1.29 is 28.9 Å². The van der Waals surface area contributed by atoms with Gasteiger partial charge in [0.05, 0.1) is 25.8 Å². The number of methoxy groups -OCH3 is 1. The number of carbonyl (C=O) groups is 2. The summed E-state index contributed by atoms with van der Waals surface area (Å²) < 4.78 is 16.2. The Morgan fingerprint density at radius 2 is 1.85 bits per heavy atom. The van der Waals surface area contributed by atoms with Gasteiger partial charge >= 0.3 is 12.1 Å². The summed E-state index contributed by atoms with van der Waals surface area (Å²) in [4.78, 5) is 26.5. The van der Waals surface area contributed by atoms with Crippen LogP contribution in [0.2, 0.25) is 0 Å². The van der Waals surface area contributed by atoms with Crippen molar-refractivity contribution in [1.82, 2.24) is 0 Å². The molecule has 2 aromatic carbocycles. The quantitative estimate of drug-likeness (QED) is 0.614. The minimum Gasteiger partial charge on any atom is -0.497 e. The van der Waals surface area contributed by atoms with Gasteiger partial charge in [-0.3, -0.25) is 9.69 Å². The molecule has 0 spiro atoms. The summed E-state index contributed by atoms with van der Waals surface area (Å²) in [6.07, 6.45) is 2.56. The van der Waals surface area contributed by atoms with Crippen molar-refractivity contribution in [1.29, 1.82) is 0 Å². The van der Waals surface area contributed by atoms with Crippen LogP contribution in [0.1, 0.15) is 38.7 Å². The van der Waals surface area contributed by atoms with Crippen LogP contribution < -0.4 is 9.64 Å². The lowest BCUT2D eigenvalue weighted by Gasteiger charge is -2.27. The zero-order valence-corrected chi connectivity index (χ0v) is 19.4. The normalized spacial score (nSPS) is 19.2. The second-order valence-electron chi connectivity index (χ2n) is 8.91. The third kappa shape index (κ3) is 6.35. The number of allylic oxidation sites excluding steroid dienone is 1. The number of hydrogen-bond acceptors (Lipinski definition) is 6. The molecule has 2 aromatic rings. The fourth-order valence-electron chi connectivity index (χ4n) is 3.82. The van der Waals surface area contributed by atoms with E-state index in [-0.39, 0.29) is 30.8 Å². The number of benzene rings is 2. The van der Waals surface area contributed by atoms with Crippen molar-refractivity contribution in [3.8, 4) is 5.75 Å². The van der Waals surface area contributed by atoms with E-state index in [9.17, 15) is 14.7 Å². The monoisotopic (exact) mass is 453 g/mol. The number of esters is 1. The highest BCUT2D eigenvalue weighted by Crippen LogP contribution is 2.37. The second kappa shape index (κ2) is 10.5. The zero-order chi connectivity index (χ0) is 24.0. The Bertz CT molecular complexity index is 965. The molecule has 3 rings (SSSR count).